The molecular formula is C13H21NO4. The van der Waals surface area contributed by atoms with Crippen LogP contribution in [0.25, 0.3) is 0 Å². The van der Waals surface area contributed by atoms with Gasteiger partial charge in [0.1, 0.15) is 12.8 Å². The molecule has 0 saturated carbocycles. The molecule has 0 aromatic carbocycles. The molecule has 5 heteroatoms. The Morgan fingerprint density at radius 3 is 2.94 bits per heavy atom. The number of amides is 1. The van der Waals surface area contributed by atoms with Crippen LogP contribution in [0.2, 0.25) is 0 Å². The second-order valence-corrected chi connectivity index (χ2v) is 4.24. The third-order valence-electron chi connectivity index (χ3n) is 2.90. The van der Waals surface area contributed by atoms with Gasteiger partial charge in [-0.05, 0) is 19.8 Å². The average Bonchev–Trinajstić information content (AvgIpc) is 2.58. The molecule has 0 N–H and O–H groups in total. The van der Waals surface area contributed by atoms with Gasteiger partial charge in [-0.1, -0.05) is 13.0 Å². The molecule has 5 nitrogen and oxygen atoms in total. The number of nitrogens with zero attached hydrogens (tertiary/aromatic N) is 1. The number of rotatable bonds is 6. The zero-order chi connectivity index (χ0) is 13.4. The lowest BCUT2D eigenvalue weighted by Crippen LogP contribution is -2.40. The molecule has 1 atom stereocenters. The second kappa shape index (κ2) is 7.87. The van der Waals surface area contributed by atoms with Crippen molar-refractivity contribution in [3.8, 4) is 0 Å². The standard InChI is InChI=1S/C13H21NO4/c1-3-13(16)18-10-9-17-11(2)14-8-6-4-5-7-12(14)15/h3,11H,1,4-10H2,2H3. The Hall–Kier alpha value is -1.36. The summed E-state index contributed by atoms with van der Waals surface area (Å²) in [6, 6.07) is 0. The van der Waals surface area contributed by atoms with Gasteiger partial charge in [-0.2, -0.15) is 0 Å². The van der Waals surface area contributed by atoms with E-state index in [-0.39, 0.29) is 25.3 Å². The summed E-state index contributed by atoms with van der Waals surface area (Å²) < 4.78 is 10.3. The van der Waals surface area contributed by atoms with E-state index < -0.39 is 5.97 Å². The number of esters is 1. The van der Waals surface area contributed by atoms with Crippen LogP contribution in [-0.4, -0.2) is 42.8 Å². The lowest BCUT2D eigenvalue weighted by Gasteiger charge is -2.27. The Kier molecular flexibility index (Phi) is 6.43. The molecular weight excluding hydrogens is 234 g/mol. The van der Waals surface area contributed by atoms with Gasteiger partial charge in [-0.3, -0.25) is 4.79 Å². The van der Waals surface area contributed by atoms with Crippen LogP contribution in [0.4, 0.5) is 0 Å². The molecule has 1 aliphatic heterocycles. The van der Waals surface area contributed by atoms with Crippen molar-refractivity contribution in [2.75, 3.05) is 19.8 Å². The fraction of sp³-hybridized carbons (Fsp3) is 0.692. The van der Waals surface area contributed by atoms with E-state index in [4.69, 9.17) is 9.47 Å². The summed E-state index contributed by atoms with van der Waals surface area (Å²) in [4.78, 5) is 24.3. The van der Waals surface area contributed by atoms with Gasteiger partial charge >= 0.3 is 5.97 Å². The SMILES string of the molecule is C=CC(=O)OCCOC(C)N1CCCCCC1=O. The minimum absolute atomic E-state index is 0.142. The Labute approximate surface area is 108 Å². The first-order chi connectivity index (χ1) is 8.65. The molecule has 102 valence electrons. The van der Waals surface area contributed by atoms with Crippen LogP contribution in [-0.2, 0) is 19.1 Å². The number of hydrogen-bond donors (Lipinski definition) is 0. The van der Waals surface area contributed by atoms with Gasteiger partial charge in [0.25, 0.3) is 0 Å². The predicted molar refractivity (Wildman–Crippen MR) is 66.8 cm³/mol. The molecule has 0 aromatic rings. The van der Waals surface area contributed by atoms with Gasteiger partial charge in [0.2, 0.25) is 5.91 Å². The van der Waals surface area contributed by atoms with Crippen LogP contribution in [0.3, 0.4) is 0 Å². The molecule has 1 aliphatic rings. The van der Waals surface area contributed by atoms with Gasteiger partial charge in [0, 0.05) is 19.0 Å². The number of ether oxygens (including phenoxy) is 2. The van der Waals surface area contributed by atoms with Gasteiger partial charge in [0.05, 0.1) is 6.61 Å². The molecule has 1 fully saturated rings. The number of carbonyl (C=O) groups is 2. The predicted octanol–water partition coefficient (Wildman–Crippen LogP) is 1.48. The van der Waals surface area contributed by atoms with E-state index in [2.05, 4.69) is 6.58 Å². The van der Waals surface area contributed by atoms with Gasteiger partial charge in [-0.15, -0.1) is 0 Å². The van der Waals surface area contributed by atoms with Crippen molar-refractivity contribution in [2.24, 2.45) is 0 Å². The monoisotopic (exact) mass is 255 g/mol. The molecule has 0 aliphatic carbocycles. The highest BCUT2D eigenvalue weighted by molar-refractivity contribution is 5.81. The molecule has 1 amide bonds. The van der Waals surface area contributed by atoms with Crippen LogP contribution in [0, 0.1) is 0 Å². The quantitative estimate of drug-likeness (QED) is 0.410. The number of carbonyl (C=O) groups excluding carboxylic acids is 2. The maximum atomic E-state index is 11.8. The van der Waals surface area contributed by atoms with Gasteiger partial charge in [-0.25, -0.2) is 4.79 Å². The van der Waals surface area contributed by atoms with Crippen LogP contribution in [0.5, 0.6) is 0 Å². The third kappa shape index (κ3) is 4.87. The van der Waals surface area contributed by atoms with Crippen molar-refractivity contribution < 1.29 is 19.1 Å². The molecule has 1 unspecified atom stereocenters. The lowest BCUT2D eigenvalue weighted by atomic mass is 10.2. The first kappa shape index (κ1) is 14.7. The van der Waals surface area contributed by atoms with Crippen molar-refractivity contribution in [1.82, 2.24) is 4.90 Å². The van der Waals surface area contributed by atoms with E-state index in [1.165, 1.54) is 0 Å². The van der Waals surface area contributed by atoms with Gasteiger partial charge in [0.15, 0.2) is 0 Å². The molecule has 18 heavy (non-hydrogen) atoms. The summed E-state index contributed by atoms with van der Waals surface area (Å²) in [6.45, 7) is 6.35. The molecule has 0 bridgehead atoms. The van der Waals surface area contributed by atoms with E-state index >= 15 is 0 Å². The van der Waals surface area contributed by atoms with Crippen LogP contribution in [0.15, 0.2) is 12.7 Å². The van der Waals surface area contributed by atoms with Crippen LogP contribution in [0.1, 0.15) is 32.6 Å². The van der Waals surface area contributed by atoms with Crippen molar-refractivity contribution in [3.05, 3.63) is 12.7 Å². The molecule has 0 radical (unpaired) electrons. The summed E-state index contributed by atoms with van der Waals surface area (Å²) in [5.74, 6) is -0.319. The maximum absolute atomic E-state index is 11.8. The first-order valence-corrected chi connectivity index (χ1v) is 6.35. The summed E-state index contributed by atoms with van der Waals surface area (Å²) >= 11 is 0. The topological polar surface area (TPSA) is 55.8 Å². The fourth-order valence-electron chi connectivity index (χ4n) is 1.90. The third-order valence-corrected chi connectivity index (χ3v) is 2.90. The van der Waals surface area contributed by atoms with Crippen LogP contribution < -0.4 is 0 Å². The summed E-state index contributed by atoms with van der Waals surface area (Å²) in [5, 5.41) is 0. The van der Waals surface area contributed by atoms with E-state index in [1.54, 1.807) is 4.90 Å². The first-order valence-electron chi connectivity index (χ1n) is 6.35. The van der Waals surface area contributed by atoms with Crippen molar-refractivity contribution in [3.63, 3.8) is 0 Å². The summed E-state index contributed by atoms with van der Waals surface area (Å²) in [5.41, 5.74) is 0. The van der Waals surface area contributed by atoms with E-state index in [0.29, 0.717) is 6.42 Å². The van der Waals surface area contributed by atoms with Crippen LogP contribution >= 0.6 is 0 Å². The molecule has 0 spiro atoms. The summed E-state index contributed by atoms with van der Waals surface area (Å²) in [6.07, 6.45) is 4.51. The van der Waals surface area contributed by atoms with Crippen molar-refractivity contribution in [2.45, 2.75) is 38.8 Å². The Morgan fingerprint density at radius 1 is 1.44 bits per heavy atom. The van der Waals surface area contributed by atoms with E-state index in [1.807, 2.05) is 6.92 Å². The molecule has 1 rings (SSSR count). The highest BCUT2D eigenvalue weighted by Crippen LogP contribution is 2.14. The average molecular weight is 255 g/mol. The van der Waals surface area contributed by atoms with Gasteiger partial charge < -0.3 is 14.4 Å². The Morgan fingerprint density at radius 2 is 2.22 bits per heavy atom. The largest absolute Gasteiger partial charge is 0.460 e. The Bertz CT molecular complexity index is 303. The molecule has 1 heterocycles. The minimum Gasteiger partial charge on any atom is -0.460 e. The maximum Gasteiger partial charge on any atom is 0.330 e. The minimum atomic E-state index is -0.461. The molecule has 0 aromatic heterocycles. The normalized spacial score (nSPS) is 18.1. The zero-order valence-corrected chi connectivity index (χ0v) is 10.9. The summed E-state index contributed by atoms with van der Waals surface area (Å²) in [7, 11) is 0. The molecule has 1 saturated heterocycles. The lowest BCUT2D eigenvalue weighted by molar-refractivity contribution is -0.149. The Balaban J connectivity index is 2.26. The zero-order valence-electron chi connectivity index (χ0n) is 10.9. The smallest absolute Gasteiger partial charge is 0.330 e. The van der Waals surface area contributed by atoms with Crippen molar-refractivity contribution in [1.29, 1.82) is 0 Å². The highest BCUT2D eigenvalue weighted by Gasteiger charge is 2.21. The number of likely N-dealkylation sites (tertiary alicyclic amines) is 1. The fourth-order valence-corrected chi connectivity index (χ4v) is 1.90. The second-order valence-electron chi connectivity index (χ2n) is 4.24. The van der Waals surface area contributed by atoms with E-state index in [0.717, 1.165) is 31.9 Å². The number of hydrogen-bond acceptors (Lipinski definition) is 4. The highest BCUT2D eigenvalue weighted by atomic mass is 16.6. The van der Waals surface area contributed by atoms with E-state index in [9.17, 15) is 9.59 Å². The van der Waals surface area contributed by atoms with Crippen molar-refractivity contribution >= 4 is 11.9 Å².